The Labute approximate surface area is 155 Å². The summed E-state index contributed by atoms with van der Waals surface area (Å²) in [6.07, 6.45) is 0.616. The van der Waals surface area contributed by atoms with Crippen LogP contribution in [-0.2, 0) is 11.2 Å². The Hall–Kier alpha value is -3.05. The minimum atomic E-state index is -0.465. The number of halogens is 1. The molecule has 26 heavy (non-hydrogen) atoms. The van der Waals surface area contributed by atoms with Gasteiger partial charge < -0.3 is 4.42 Å². The average molecular weight is 369 g/mol. The van der Waals surface area contributed by atoms with Crippen LogP contribution in [0.2, 0.25) is 5.02 Å². The lowest BCUT2D eigenvalue weighted by atomic mass is 10.2. The second-order valence-electron chi connectivity index (χ2n) is 5.61. The molecule has 2 amide bonds. The van der Waals surface area contributed by atoms with Gasteiger partial charge in [0, 0.05) is 18.4 Å². The topological polar surface area (TPSA) is 71.3 Å². The van der Waals surface area contributed by atoms with Gasteiger partial charge in [0.05, 0.1) is 10.6 Å². The molecule has 0 saturated carbocycles. The van der Waals surface area contributed by atoms with Gasteiger partial charge in [-0.2, -0.15) is 0 Å². The molecule has 1 aromatic heterocycles. The highest BCUT2D eigenvalue weighted by Gasteiger charge is 2.11. The molecule has 5 nitrogen and oxygen atoms in total. The van der Waals surface area contributed by atoms with Crippen LogP contribution in [0.15, 0.2) is 71.1 Å². The molecular weight excluding hydrogens is 352 g/mol. The molecular formula is C20H17ClN2O3. The second kappa shape index (κ2) is 8.36. The highest BCUT2D eigenvalue weighted by molar-refractivity contribution is 6.33. The molecule has 0 fully saturated rings. The van der Waals surface area contributed by atoms with Crippen molar-refractivity contribution in [1.29, 1.82) is 0 Å². The summed E-state index contributed by atoms with van der Waals surface area (Å²) in [4.78, 5) is 23.9. The Morgan fingerprint density at radius 3 is 2.38 bits per heavy atom. The van der Waals surface area contributed by atoms with Gasteiger partial charge in [0.2, 0.25) is 5.91 Å². The number of amides is 2. The number of aryl methyl sites for hydroxylation is 1. The molecule has 0 radical (unpaired) electrons. The number of carbonyl (C=O) groups excluding carboxylic acids is 2. The van der Waals surface area contributed by atoms with E-state index in [-0.39, 0.29) is 12.3 Å². The van der Waals surface area contributed by atoms with E-state index in [0.29, 0.717) is 22.8 Å². The molecule has 2 aromatic carbocycles. The first kappa shape index (κ1) is 17.8. The molecule has 3 rings (SSSR count). The lowest BCUT2D eigenvalue weighted by Gasteiger charge is -2.08. The largest absolute Gasteiger partial charge is 0.461 e. The fourth-order valence-corrected chi connectivity index (χ4v) is 2.63. The number of hydrogen-bond donors (Lipinski definition) is 2. The van der Waals surface area contributed by atoms with Crippen molar-refractivity contribution in [2.45, 2.75) is 12.8 Å². The van der Waals surface area contributed by atoms with Gasteiger partial charge in [-0.1, -0.05) is 54.1 Å². The summed E-state index contributed by atoms with van der Waals surface area (Å²) in [6.45, 7) is 0. The third-order valence-electron chi connectivity index (χ3n) is 3.75. The van der Waals surface area contributed by atoms with E-state index < -0.39 is 5.91 Å². The fraction of sp³-hybridized carbons (Fsp3) is 0.100. The van der Waals surface area contributed by atoms with E-state index in [4.69, 9.17) is 16.0 Å². The molecule has 1 heterocycles. The molecule has 0 aliphatic carbocycles. The maximum absolute atomic E-state index is 12.0. The zero-order valence-corrected chi connectivity index (χ0v) is 14.6. The van der Waals surface area contributed by atoms with Crippen molar-refractivity contribution >= 4 is 23.4 Å². The molecule has 0 bridgehead atoms. The van der Waals surface area contributed by atoms with Crippen LogP contribution in [0.4, 0.5) is 0 Å². The molecule has 0 atom stereocenters. The number of furan rings is 1. The smallest absolute Gasteiger partial charge is 0.271 e. The molecule has 0 saturated heterocycles. The summed E-state index contributed by atoms with van der Waals surface area (Å²) in [5, 5.41) is 0.322. The van der Waals surface area contributed by atoms with Gasteiger partial charge >= 0.3 is 0 Å². The number of rotatable bonds is 5. The molecule has 0 aliphatic heterocycles. The third kappa shape index (κ3) is 4.52. The second-order valence-corrected chi connectivity index (χ2v) is 6.02. The summed E-state index contributed by atoms with van der Waals surface area (Å²) < 4.78 is 5.75. The normalized spacial score (nSPS) is 10.3. The van der Waals surface area contributed by atoms with Crippen molar-refractivity contribution in [3.8, 4) is 11.3 Å². The Kier molecular flexibility index (Phi) is 5.71. The summed E-state index contributed by atoms with van der Waals surface area (Å²) in [5.41, 5.74) is 6.01. The number of hydrogen-bond acceptors (Lipinski definition) is 3. The molecule has 2 N–H and O–H groups in total. The minimum Gasteiger partial charge on any atom is -0.461 e. The van der Waals surface area contributed by atoms with E-state index in [2.05, 4.69) is 10.9 Å². The maximum Gasteiger partial charge on any atom is 0.271 e. The van der Waals surface area contributed by atoms with E-state index >= 15 is 0 Å². The molecule has 0 unspecified atom stereocenters. The van der Waals surface area contributed by atoms with Crippen LogP contribution in [0.3, 0.4) is 0 Å². The van der Waals surface area contributed by atoms with Crippen molar-refractivity contribution in [3.05, 3.63) is 83.1 Å². The van der Waals surface area contributed by atoms with E-state index in [1.807, 2.05) is 42.5 Å². The molecule has 0 aliphatic rings. The molecule has 132 valence electrons. The van der Waals surface area contributed by atoms with Crippen molar-refractivity contribution in [3.63, 3.8) is 0 Å². The van der Waals surface area contributed by atoms with E-state index in [1.54, 1.807) is 24.3 Å². The Bertz CT molecular complexity index is 906. The Morgan fingerprint density at radius 1 is 0.885 bits per heavy atom. The van der Waals surface area contributed by atoms with Crippen LogP contribution in [-0.4, -0.2) is 11.8 Å². The van der Waals surface area contributed by atoms with Gasteiger partial charge in [-0.05, 0) is 24.3 Å². The lowest BCUT2D eigenvalue weighted by molar-refractivity contribution is -0.121. The Balaban J connectivity index is 1.48. The molecule has 6 heteroatoms. The standard InChI is InChI=1S/C20H17ClN2O3/c21-17-9-5-4-8-16(17)20(25)23-22-19(24)13-11-15-10-12-18(26-15)14-6-2-1-3-7-14/h1-10,12H,11,13H2,(H,22,24)(H,23,25). The summed E-state index contributed by atoms with van der Waals surface area (Å²) in [6, 6.07) is 20.1. The van der Waals surface area contributed by atoms with Gasteiger partial charge in [-0.25, -0.2) is 0 Å². The van der Waals surface area contributed by atoms with Crippen LogP contribution in [0.1, 0.15) is 22.5 Å². The highest BCUT2D eigenvalue weighted by atomic mass is 35.5. The maximum atomic E-state index is 12.0. The van der Waals surface area contributed by atoms with Gasteiger partial charge in [-0.15, -0.1) is 0 Å². The van der Waals surface area contributed by atoms with Crippen LogP contribution < -0.4 is 10.9 Å². The van der Waals surface area contributed by atoms with Crippen LogP contribution in [0.5, 0.6) is 0 Å². The number of carbonyl (C=O) groups is 2. The van der Waals surface area contributed by atoms with E-state index in [9.17, 15) is 9.59 Å². The number of hydrazine groups is 1. The summed E-state index contributed by atoms with van der Waals surface area (Å²) in [7, 11) is 0. The quantitative estimate of drug-likeness (QED) is 0.669. The predicted molar refractivity (Wildman–Crippen MR) is 99.5 cm³/mol. The SMILES string of the molecule is O=C(CCc1ccc(-c2ccccc2)o1)NNC(=O)c1ccccc1Cl. The van der Waals surface area contributed by atoms with Gasteiger partial charge in [0.15, 0.2) is 0 Å². The monoisotopic (exact) mass is 368 g/mol. The summed E-state index contributed by atoms with van der Waals surface area (Å²) in [5.74, 6) is 0.681. The first-order valence-corrected chi connectivity index (χ1v) is 8.49. The van der Waals surface area contributed by atoms with Crippen LogP contribution >= 0.6 is 11.6 Å². The number of nitrogens with one attached hydrogen (secondary N) is 2. The predicted octanol–water partition coefficient (Wildman–Crippen LogP) is 3.99. The van der Waals surface area contributed by atoms with Crippen LogP contribution in [0, 0.1) is 0 Å². The van der Waals surface area contributed by atoms with Gasteiger partial charge in [0.25, 0.3) is 5.91 Å². The lowest BCUT2D eigenvalue weighted by Crippen LogP contribution is -2.41. The third-order valence-corrected chi connectivity index (χ3v) is 4.08. The Morgan fingerprint density at radius 2 is 1.62 bits per heavy atom. The molecule has 3 aromatic rings. The van der Waals surface area contributed by atoms with E-state index in [0.717, 1.165) is 11.3 Å². The molecule has 0 spiro atoms. The minimum absolute atomic E-state index is 0.185. The number of benzene rings is 2. The first-order valence-electron chi connectivity index (χ1n) is 8.11. The van der Waals surface area contributed by atoms with Crippen molar-refractivity contribution in [2.75, 3.05) is 0 Å². The van der Waals surface area contributed by atoms with Gasteiger partial charge in [0.1, 0.15) is 11.5 Å². The van der Waals surface area contributed by atoms with Crippen molar-refractivity contribution in [1.82, 2.24) is 10.9 Å². The fourth-order valence-electron chi connectivity index (χ4n) is 2.41. The summed E-state index contributed by atoms with van der Waals surface area (Å²) >= 11 is 5.94. The van der Waals surface area contributed by atoms with Gasteiger partial charge in [-0.3, -0.25) is 20.4 Å². The van der Waals surface area contributed by atoms with Crippen molar-refractivity contribution in [2.24, 2.45) is 0 Å². The zero-order valence-electron chi connectivity index (χ0n) is 13.9. The van der Waals surface area contributed by atoms with Crippen LogP contribution in [0.25, 0.3) is 11.3 Å². The zero-order chi connectivity index (χ0) is 18.4. The van der Waals surface area contributed by atoms with Crippen molar-refractivity contribution < 1.29 is 14.0 Å². The average Bonchev–Trinajstić information content (AvgIpc) is 3.14. The first-order chi connectivity index (χ1) is 12.6. The van der Waals surface area contributed by atoms with E-state index in [1.165, 1.54) is 0 Å². The highest BCUT2D eigenvalue weighted by Crippen LogP contribution is 2.22.